The quantitative estimate of drug-likeness (QED) is 0.107. The maximum Gasteiger partial charge on any atom is 0.0618 e. The highest BCUT2D eigenvalue weighted by atomic mass is 15.2. The molecule has 0 atom stereocenters. The van der Waals surface area contributed by atoms with E-state index >= 15 is 0 Å². The van der Waals surface area contributed by atoms with Crippen LogP contribution in [0.4, 0.5) is 28.4 Å². The van der Waals surface area contributed by atoms with Crippen molar-refractivity contribution in [3.05, 3.63) is 216 Å². The van der Waals surface area contributed by atoms with Crippen LogP contribution < -0.4 is 9.80 Å². The third kappa shape index (κ3) is 6.51. The zero-order valence-corrected chi connectivity index (χ0v) is 33.8. The molecular formula is C56H48N2. The highest BCUT2D eigenvalue weighted by Gasteiger charge is 2.29. The van der Waals surface area contributed by atoms with Crippen LogP contribution in [0.1, 0.15) is 42.5 Å². The average Bonchev–Trinajstić information content (AvgIpc) is 3.27. The summed E-state index contributed by atoms with van der Waals surface area (Å²) in [5.41, 5.74) is 15.6. The number of rotatable bonds is 9. The van der Waals surface area contributed by atoms with Gasteiger partial charge in [-0.15, -0.1) is 0 Å². The maximum absolute atomic E-state index is 4.69. The molecule has 0 amide bonds. The smallest absolute Gasteiger partial charge is 0.0618 e. The Balaban J connectivity index is 1.39. The van der Waals surface area contributed by atoms with Crippen LogP contribution in [0.2, 0.25) is 0 Å². The van der Waals surface area contributed by atoms with Gasteiger partial charge in [0.1, 0.15) is 0 Å². The van der Waals surface area contributed by atoms with E-state index in [9.17, 15) is 0 Å². The average molecular weight is 749 g/mol. The van der Waals surface area contributed by atoms with Gasteiger partial charge in [0.05, 0.1) is 11.4 Å². The Hall–Kier alpha value is -6.90. The predicted molar refractivity (Wildman–Crippen MR) is 252 cm³/mol. The molecule has 1 aliphatic carbocycles. The Labute approximate surface area is 343 Å². The fraction of sp³-hybridized carbons (Fsp3) is 0.107. The van der Waals surface area contributed by atoms with E-state index in [0.717, 1.165) is 41.3 Å². The molecule has 8 aromatic rings. The SMILES string of the molecule is C=C(/C=C\C(C)=C/C)N(c1ccccc1)c1c2ccccc2c(-c2c3c(c(N(c4ccc(C)cc4)c4ccc(C)cc4)c4ccccc24)C=CCC3)c2ccccc12. The zero-order chi connectivity index (χ0) is 39.8. The summed E-state index contributed by atoms with van der Waals surface area (Å²) in [6.45, 7) is 13.2. The third-order valence-corrected chi connectivity index (χ3v) is 11.7. The maximum atomic E-state index is 4.69. The van der Waals surface area contributed by atoms with Gasteiger partial charge >= 0.3 is 0 Å². The Kier molecular flexibility index (Phi) is 9.85. The molecule has 0 saturated heterocycles. The highest BCUT2D eigenvalue weighted by molar-refractivity contribution is 6.25. The summed E-state index contributed by atoms with van der Waals surface area (Å²) in [6, 6.07) is 55.7. The van der Waals surface area contributed by atoms with Gasteiger partial charge in [0.25, 0.3) is 0 Å². The molecule has 0 fully saturated rings. The molecule has 0 heterocycles. The molecule has 9 rings (SSSR count). The van der Waals surface area contributed by atoms with Crippen molar-refractivity contribution in [1.29, 1.82) is 0 Å². The van der Waals surface area contributed by atoms with Gasteiger partial charge in [-0.05, 0) is 116 Å². The molecule has 0 spiro atoms. The van der Waals surface area contributed by atoms with Crippen LogP contribution in [-0.2, 0) is 6.42 Å². The molecule has 0 N–H and O–H groups in total. The van der Waals surface area contributed by atoms with Crippen LogP contribution >= 0.6 is 0 Å². The van der Waals surface area contributed by atoms with E-state index in [1.54, 1.807) is 0 Å². The van der Waals surface area contributed by atoms with E-state index in [1.165, 1.54) is 77.0 Å². The van der Waals surface area contributed by atoms with Gasteiger partial charge in [-0.25, -0.2) is 0 Å². The van der Waals surface area contributed by atoms with Crippen LogP contribution in [-0.4, -0.2) is 0 Å². The Morgan fingerprint density at radius 3 is 1.55 bits per heavy atom. The highest BCUT2D eigenvalue weighted by Crippen LogP contribution is 2.53. The largest absolute Gasteiger partial charge is 0.310 e. The number of fused-ring (bicyclic) bond motifs is 4. The van der Waals surface area contributed by atoms with Gasteiger partial charge in [0, 0.05) is 44.5 Å². The van der Waals surface area contributed by atoms with Crippen molar-refractivity contribution < 1.29 is 0 Å². The molecule has 8 aromatic carbocycles. The van der Waals surface area contributed by atoms with Crippen LogP contribution in [0.15, 0.2) is 194 Å². The van der Waals surface area contributed by atoms with Crippen LogP contribution in [0.3, 0.4) is 0 Å². The first kappa shape index (κ1) is 36.7. The van der Waals surface area contributed by atoms with Crippen LogP contribution in [0, 0.1) is 13.8 Å². The van der Waals surface area contributed by atoms with Crippen molar-refractivity contribution in [3.63, 3.8) is 0 Å². The van der Waals surface area contributed by atoms with Crippen molar-refractivity contribution >= 4 is 66.8 Å². The molecule has 0 aromatic heterocycles. The second-order valence-corrected chi connectivity index (χ2v) is 15.5. The molecule has 1 aliphatic rings. The molecule has 0 bridgehead atoms. The van der Waals surface area contributed by atoms with E-state index < -0.39 is 0 Å². The summed E-state index contributed by atoms with van der Waals surface area (Å²) in [7, 11) is 0. The zero-order valence-electron chi connectivity index (χ0n) is 33.8. The summed E-state index contributed by atoms with van der Waals surface area (Å²) in [5, 5.41) is 7.31. The molecule has 2 nitrogen and oxygen atoms in total. The lowest BCUT2D eigenvalue weighted by Gasteiger charge is -2.33. The van der Waals surface area contributed by atoms with Gasteiger partial charge in [-0.3, -0.25) is 0 Å². The van der Waals surface area contributed by atoms with Crippen LogP contribution in [0.25, 0.3) is 49.5 Å². The van der Waals surface area contributed by atoms with E-state index in [2.05, 4.69) is 220 Å². The molecular weight excluding hydrogens is 701 g/mol. The fourth-order valence-corrected chi connectivity index (χ4v) is 8.71. The monoisotopic (exact) mass is 748 g/mol. The predicted octanol–water partition coefficient (Wildman–Crippen LogP) is 16.0. The van der Waals surface area contributed by atoms with Crippen molar-refractivity contribution in [3.8, 4) is 11.1 Å². The van der Waals surface area contributed by atoms with E-state index in [4.69, 9.17) is 6.58 Å². The second kappa shape index (κ2) is 15.6. The topological polar surface area (TPSA) is 6.48 Å². The molecule has 0 aliphatic heterocycles. The van der Waals surface area contributed by atoms with Crippen LogP contribution in [0.5, 0.6) is 0 Å². The number of anilines is 5. The molecule has 0 radical (unpaired) electrons. The number of hydrogen-bond donors (Lipinski definition) is 0. The Morgan fingerprint density at radius 2 is 1.02 bits per heavy atom. The number of aryl methyl sites for hydroxylation is 2. The normalized spacial score (nSPS) is 12.7. The number of hydrogen-bond acceptors (Lipinski definition) is 2. The number of nitrogens with zero attached hydrogens (tertiary/aromatic N) is 2. The van der Waals surface area contributed by atoms with Crippen molar-refractivity contribution in [1.82, 2.24) is 0 Å². The molecule has 0 unspecified atom stereocenters. The summed E-state index contributed by atoms with van der Waals surface area (Å²) in [6.07, 6.45) is 13.1. The first-order valence-electron chi connectivity index (χ1n) is 20.4. The summed E-state index contributed by atoms with van der Waals surface area (Å²) >= 11 is 0. The van der Waals surface area contributed by atoms with E-state index in [1.807, 2.05) is 0 Å². The lowest BCUT2D eigenvalue weighted by molar-refractivity contribution is 0.989. The molecule has 2 heteroatoms. The minimum absolute atomic E-state index is 0.903. The molecule has 282 valence electrons. The minimum Gasteiger partial charge on any atom is -0.310 e. The number of para-hydroxylation sites is 1. The lowest BCUT2D eigenvalue weighted by Crippen LogP contribution is -2.16. The molecule has 0 saturated carbocycles. The fourth-order valence-electron chi connectivity index (χ4n) is 8.71. The van der Waals surface area contributed by atoms with Gasteiger partial charge in [-0.2, -0.15) is 0 Å². The van der Waals surface area contributed by atoms with Gasteiger partial charge in [0.15, 0.2) is 0 Å². The lowest BCUT2D eigenvalue weighted by atomic mass is 9.80. The van der Waals surface area contributed by atoms with Crippen molar-refractivity contribution in [2.45, 2.75) is 40.5 Å². The number of allylic oxidation sites excluding steroid dienone is 5. The number of benzene rings is 8. The Morgan fingerprint density at radius 1 is 0.534 bits per heavy atom. The summed E-state index contributed by atoms with van der Waals surface area (Å²) in [4.78, 5) is 4.82. The molecule has 58 heavy (non-hydrogen) atoms. The van der Waals surface area contributed by atoms with Crippen molar-refractivity contribution in [2.75, 3.05) is 9.80 Å². The Bertz CT molecular complexity index is 2820. The standard InChI is InChI=1S/C56H48N2/c1-6-38(2)28-33-41(5)57(42-18-8-7-9-19-42)55-49-24-14-10-20-45(49)53(46-21-11-15-25-50(46)55)54-47-22-12-16-26-51(47)56(52-27-17-13-23-48(52)54)58(43-34-29-39(3)30-35-43)44-36-31-40(4)32-37-44/h6-12,14-22,24-37H,5,13,23H2,1-4H3/b33-28-,38-6-. The van der Waals surface area contributed by atoms with Gasteiger partial charge < -0.3 is 9.80 Å². The summed E-state index contributed by atoms with van der Waals surface area (Å²) < 4.78 is 0. The van der Waals surface area contributed by atoms with Gasteiger partial charge in [-0.1, -0.05) is 163 Å². The van der Waals surface area contributed by atoms with E-state index in [-0.39, 0.29) is 0 Å². The van der Waals surface area contributed by atoms with Crippen molar-refractivity contribution in [2.24, 2.45) is 0 Å². The third-order valence-electron chi connectivity index (χ3n) is 11.7. The first-order chi connectivity index (χ1) is 28.4. The van der Waals surface area contributed by atoms with Gasteiger partial charge in [0.2, 0.25) is 0 Å². The minimum atomic E-state index is 0.903. The van der Waals surface area contributed by atoms with E-state index in [0.29, 0.717) is 0 Å². The first-order valence-corrected chi connectivity index (χ1v) is 20.4. The second-order valence-electron chi connectivity index (χ2n) is 15.5. The summed E-state index contributed by atoms with van der Waals surface area (Å²) in [5.74, 6) is 0.